The smallest absolute Gasteiger partial charge is 0.235 e. The maximum atomic E-state index is 14.0. The van der Waals surface area contributed by atoms with E-state index >= 15 is 0 Å². The number of piperidine rings is 2. The SMILES string of the molecule is Cn1nc(C2CCC(=O)NC2=O)c2ccc(N[C@H]3CCNC[C@H]3F)cc21. The second-order valence-corrected chi connectivity index (χ2v) is 7.00. The molecule has 2 fully saturated rings. The van der Waals surface area contributed by atoms with E-state index in [4.69, 9.17) is 0 Å². The summed E-state index contributed by atoms with van der Waals surface area (Å²) in [6, 6.07) is 5.54. The van der Waals surface area contributed by atoms with Crippen molar-refractivity contribution in [2.24, 2.45) is 7.05 Å². The van der Waals surface area contributed by atoms with E-state index in [0.717, 1.165) is 29.6 Å². The zero-order valence-electron chi connectivity index (χ0n) is 14.6. The Hall–Kier alpha value is -2.48. The summed E-state index contributed by atoms with van der Waals surface area (Å²) >= 11 is 0. The molecule has 3 heterocycles. The fourth-order valence-electron chi connectivity index (χ4n) is 3.78. The highest BCUT2D eigenvalue weighted by Gasteiger charge is 2.31. The molecule has 0 bridgehead atoms. The number of nitrogens with one attached hydrogen (secondary N) is 3. The first-order chi connectivity index (χ1) is 12.5. The van der Waals surface area contributed by atoms with Gasteiger partial charge in [-0.2, -0.15) is 5.10 Å². The molecule has 1 aromatic carbocycles. The maximum absolute atomic E-state index is 14.0. The lowest BCUT2D eigenvalue weighted by atomic mass is 9.93. The van der Waals surface area contributed by atoms with Crippen LogP contribution < -0.4 is 16.0 Å². The van der Waals surface area contributed by atoms with E-state index in [9.17, 15) is 14.0 Å². The van der Waals surface area contributed by atoms with Crippen molar-refractivity contribution >= 4 is 28.4 Å². The van der Waals surface area contributed by atoms with Gasteiger partial charge < -0.3 is 10.6 Å². The van der Waals surface area contributed by atoms with Crippen molar-refractivity contribution in [2.45, 2.75) is 37.4 Å². The molecule has 2 amide bonds. The fraction of sp³-hybridized carbons (Fsp3) is 0.500. The number of carbonyl (C=O) groups excluding carboxylic acids is 2. The van der Waals surface area contributed by atoms with Crippen molar-refractivity contribution in [3.63, 3.8) is 0 Å². The van der Waals surface area contributed by atoms with Crippen LogP contribution in [0.25, 0.3) is 10.9 Å². The number of aromatic nitrogens is 2. The summed E-state index contributed by atoms with van der Waals surface area (Å²) in [7, 11) is 1.82. The average Bonchev–Trinajstić information content (AvgIpc) is 2.93. The minimum Gasteiger partial charge on any atom is -0.379 e. The van der Waals surface area contributed by atoms with E-state index in [0.29, 0.717) is 25.1 Å². The highest BCUT2D eigenvalue weighted by Crippen LogP contribution is 2.31. The first-order valence-corrected chi connectivity index (χ1v) is 8.94. The summed E-state index contributed by atoms with van der Waals surface area (Å²) in [6.45, 7) is 1.16. The van der Waals surface area contributed by atoms with Crippen LogP contribution >= 0.6 is 0 Å². The molecular weight excluding hydrogens is 337 g/mol. The molecule has 2 aromatic rings. The number of rotatable bonds is 3. The lowest BCUT2D eigenvalue weighted by molar-refractivity contribution is -0.134. The number of anilines is 1. The molecule has 8 heteroatoms. The minimum atomic E-state index is -0.926. The van der Waals surface area contributed by atoms with E-state index in [1.54, 1.807) is 4.68 Å². The number of fused-ring (bicyclic) bond motifs is 1. The number of benzene rings is 1. The number of aryl methyl sites for hydroxylation is 1. The Balaban J connectivity index is 1.62. The third kappa shape index (κ3) is 3.05. The van der Waals surface area contributed by atoms with Gasteiger partial charge in [0.1, 0.15) is 6.17 Å². The van der Waals surface area contributed by atoms with Crippen LogP contribution in [0, 0.1) is 0 Å². The number of halogens is 1. The Kier molecular flexibility index (Phi) is 4.36. The van der Waals surface area contributed by atoms with Gasteiger partial charge in [0.15, 0.2) is 0 Å². The lowest BCUT2D eigenvalue weighted by Crippen LogP contribution is -2.45. The summed E-state index contributed by atoms with van der Waals surface area (Å²) in [5, 5.41) is 14.1. The Morgan fingerprint density at radius 2 is 2.15 bits per heavy atom. The summed E-state index contributed by atoms with van der Waals surface area (Å²) in [5.41, 5.74) is 2.40. The first kappa shape index (κ1) is 17.0. The largest absolute Gasteiger partial charge is 0.379 e. The molecule has 1 aromatic heterocycles. The molecule has 138 valence electrons. The maximum Gasteiger partial charge on any atom is 0.235 e. The monoisotopic (exact) mass is 359 g/mol. The molecule has 0 spiro atoms. The van der Waals surface area contributed by atoms with Crippen molar-refractivity contribution in [2.75, 3.05) is 18.4 Å². The average molecular weight is 359 g/mol. The molecule has 2 saturated heterocycles. The van der Waals surface area contributed by atoms with Crippen LogP contribution in [-0.4, -0.2) is 46.9 Å². The van der Waals surface area contributed by atoms with Gasteiger partial charge in [0.25, 0.3) is 0 Å². The molecule has 7 nitrogen and oxygen atoms in total. The molecular formula is C18H22FN5O2. The molecule has 0 aliphatic carbocycles. The van der Waals surface area contributed by atoms with Crippen LogP contribution in [0.4, 0.5) is 10.1 Å². The van der Waals surface area contributed by atoms with Crippen molar-refractivity contribution in [1.82, 2.24) is 20.4 Å². The number of hydrogen-bond acceptors (Lipinski definition) is 5. The standard InChI is InChI=1S/C18H22FN5O2/c1-24-15-8-10(21-14-6-7-20-9-13(14)19)2-3-11(15)17(23-24)12-4-5-16(25)22-18(12)26/h2-3,8,12-14,20-21H,4-7,9H2,1H3,(H,22,25,26)/t12?,13-,14+/m1/s1. The molecule has 2 aliphatic rings. The highest BCUT2D eigenvalue weighted by molar-refractivity contribution is 6.02. The van der Waals surface area contributed by atoms with Gasteiger partial charge in [-0.15, -0.1) is 0 Å². The van der Waals surface area contributed by atoms with Crippen molar-refractivity contribution in [3.05, 3.63) is 23.9 Å². The number of amides is 2. The number of imide groups is 1. The summed E-state index contributed by atoms with van der Waals surface area (Å²) in [6.07, 6.45) is 0.591. The van der Waals surface area contributed by atoms with E-state index < -0.39 is 12.1 Å². The normalized spacial score (nSPS) is 26.8. The molecule has 3 atom stereocenters. The van der Waals surface area contributed by atoms with E-state index in [2.05, 4.69) is 21.0 Å². The molecule has 1 unspecified atom stereocenters. The quantitative estimate of drug-likeness (QED) is 0.717. The second-order valence-electron chi connectivity index (χ2n) is 7.00. The zero-order valence-corrected chi connectivity index (χ0v) is 14.6. The van der Waals surface area contributed by atoms with Gasteiger partial charge >= 0.3 is 0 Å². The third-order valence-corrected chi connectivity index (χ3v) is 5.21. The van der Waals surface area contributed by atoms with Gasteiger partial charge in [0.2, 0.25) is 11.8 Å². The van der Waals surface area contributed by atoms with Crippen molar-refractivity contribution in [1.29, 1.82) is 0 Å². The number of alkyl halides is 1. The molecule has 0 radical (unpaired) electrons. The van der Waals surface area contributed by atoms with Crippen LogP contribution in [0.3, 0.4) is 0 Å². The summed E-state index contributed by atoms with van der Waals surface area (Å²) < 4.78 is 15.8. The van der Waals surface area contributed by atoms with Crippen LogP contribution in [0.15, 0.2) is 18.2 Å². The van der Waals surface area contributed by atoms with E-state index in [1.165, 1.54) is 0 Å². The number of nitrogens with zero attached hydrogens (tertiary/aromatic N) is 2. The molecule has 26 heavy (non-hydrogen) atoms. The van der Waals surface area contributed by atoms with Crippen LogP contribution in [0.5, 0.6) is 0 Å². The molecule has 0 saturated carbocycles. The third-order valence-electron chi connectivity index (χ3n) is 5.21. The Labute approximate surface area is 150 Å². The Morgan fingerprint density at radius 3 is 2.92 bits per heavy atom. The molecule has 2 aliphatic heterocycles. The van der Waals surface area contributed by atoms with Crippen LogP contribution in [-0.2, 0) is 16.6 Å². The Bertz CT molecular complexity index is 865. The van der Waals surface area contributed by atoms with E-state index in [1.807, 2.05) is 25.2 Å². The van der Waals surface area contributed by atoms with Crippen molar-refractivity contribution < 1.29 is 14.0 Å². The fourth-order valence-corrected chi connectivity index (χ4v) is 3.78. The summed E-state index contributed by atoms with van der Waals surface area (Å²) in [4.78, 5) is 23.6. The summed E-state index contributed by atoms with van der Waals surface area (Å²) in [5.74, 6) is -0.950. The van der Waals surface area contributed by atoms with E-state index in [-0.39, 0.29) is 17.9 Å². The number of hydrogen-bond donors (Lipinski definition) is 3. The molecule has 4 rings (SSSR count). The predicted octanol–water partition coefficient (Wildman–Crippen LogP) is 1.21. The second kappa shape index (κ2) is 6.68. The molecule has 3 N–H and O–H groups in total. The van der Waals surface area contributed by atoms with Crippen molar-refractivity contribution in [3.8, 4) is 0 Å². The van der Waals surface area contributed by atoms with Crippen LogP contribution in [0.2, 0.25) is 0 Å². The zero-order chi connectivity index (χ0) is 18.3. The topological polar surface area (TPSA) is 88.0 Å². The van der Waals surface area contributed by atoms with Crippen LogP contribution in [0.1, 0.15) is 30.9 Å². The van der Waals surface area contributed by atoms with Gasteiger partial charge in [-0.3, -0.25) is 19.6 Å². The lowest BCUT2D eigenvalue weighted by Gasteiger charge is -2.28. The minimum absolute atomic E-state index is 0.212. The highest BCUT2D eigenvalue weighted by atomic mass is 19.1. The van der Waals surface area contributed by atoms with Gasteiger partial charge in [0.05, 0.1) is 23.2 Å². The van der Waals surface area contributed by atoms with Gasteiger partial charge in [-0.05, 0) is 37.6 Å². The predicted molar refractivity (Wildman–Crippen MR) is 95.6 cm³/mol. The Morgan fingerprint density at radius 1 is 1.31 bits per heavy atom. The van der Waals surface area contributed by atoms with Gasteiger partial charge in [-0.1, -0.05) is 0 Å². The van der Waals surface area contributed by atoms with Gasteiger partial charge in [0, 0.05) is 31.1 Å². The van der Waals surface area contributed by atoms with Gasteiger partial charge in [-0.25, -0.2) is 4.39 Å². The first-order valence-electron chi connectivity index (χ1n) is 8.94. The number of carbonyl (C=O) groups is 2.